The lowest BCUT2D eigenvalue weighted by Crippen LogP contribution is -2.40. The minimum Gasteiger partial charge on any atom is -0.480 e. The zero-order valence-electron chi connectivity index (χ0n) is 9.34. The summed E-state index contributed by atoms with van der Waals surface area (Å²) < 4.78 is 26.5. The molecule has 0 aromatic heterocycles. The fourth-order valence-corrected chi connectivity index (χ4v) is 3.48. The molecule has 0 aliphatic rings. The van der Waals surface area contributed by atoms with Crippen LogP contribution in [0.3, 0.4) is 0 Å². The summed E-state index contributed by atoms with van der Waals surface area (Å²) in [6, 6.07) is 4.96. The van der Waals surface area contributed by atoms with Crippen molar-refractivity contribution in [3.63, 3.8) is 0 Å². The van der Waals surface area contributed by atoms with E-state index in [9.17, 15) is 13.2 Å². The highest BCUT2D eigenvalue weighted by Crippen LogP contribution is 2.21. The van der Waals surface area contributed by atoms with Gasteiger partial charge in [0.25, 0.3) is 0 Å². The second-order valence-electron chi connectivity index (χ2n) is 3.47. The number of carbonyl (C=O) groups is 1. The molecule has 18 heavy (non-hydrogen) atoms. The Bertz CT molecular complexity index is 556. The number of sulfonamides is 1. The van der Waals surface area contributed by atoms with Crippen molar-refractivity contribution in [1.82, 2.24) is 4.72 Å². The summed E-state index contributed by atoms with van der Waals surface area (Å²) in [6.45, 7) is 3.40. The molecule has 0 radical (unpaired) electrons. The van der Waals surface area contributed by atoms with E-state index in [2.05, 4.69) is 27.2 Å². The Morgan fingerprint density at radius 3 is 2.61 bits per heavy atom. The Balaban J connectivity index is 3.04. The molecule has 0 aliphatic carbocycles. The molecule has 98 valence electrons. The van der Waals surface area contributed by atoms with Gasteiger partial charge in [0.05, 0.1) is 4.90 Å². The Kier molecular flexibility index (Phi) is 5.06. The van der Waals surface area contributed by atoms with E-state index in [1.807, 2.05) is 0 Å². The first-order valence-electron chi connectivity index (χ1n) is 4.99. The highest BCUT2D eigenvalue weighted by atomic mass is 79.9. The molecule has 2 N–H and O–H groups in total. The minimum absolute atomic E-state index is 0.000289. The van der Waals surface area contributed by atoms with Crippen LogP contribution in [0.5, 0.6) is 0 Å². The van der Waals surface area contributed by atoms with Crippen molar-refractivity contribution in [2.24, 2.45) is 0 Å². The van der Waals surface area contributed by atoms with E-state index >= 15 is 0 Å². The van der Waals surface area contributed by atoms with Crippen LogP contribution in [0.15, 0.2) is 46.3 Å². The van der Waals surface area contributed by atoms with Gasteiger partial charge in [-0.3, -0.25) is 4.79 Å². The van der Waals surface area contributed by atoms with E-state index in [4.69, 9.17) is 5.11 Å². The van der Waals surface area contributed by atoms with E-state index in [0.29, 0.717) is 4.47 Å². The van der Waals surface area contributed by atoms with Gasteiger partial charge in [-0.05, 0) is 34.5 Å². The van der Waals surface area contributed by atoms with Gasteiger partial charge in [0.1, 0.15) is 6.04 Å². The van der Waals surface area contributed by atoms with Crippen molar-refractivity contribution >= 4 is 31.9 Å². The summed E-state index contributed by atoms with van der Waals surface area (Å²) in [6.07, 6.45) is 1.36. The molecule has 1 atom stereocenters. The van der Waals surface area contributed by atoms with Crippen LogP contribution in [0.2, 0.25) is 0 Å². The number of carboxylic acid groups (broad SMARTS) is 1. The molecule has 1 aromatic carbocycles. The standard InChI is InChI=1S/C11H12BrNO4S/c1-2-5-9(11(14)15)13-18(16,17)10-7-4-3-6-8(10)12/h2-4,6-7,9,13H,1,5H2,(H,14,15). The molecule has 7 heteroatoms. The summed E-state index contributed by atoms with van der Waals surface area (Å²) in [5.74, 6) is -1.24. The molecular weight excluding hydrogens is 322 g/mol. The molecule has 0 saturated heterocycles. The first-order valence-corrected chi connectivity index (χ1v) is 7.26. The van der Waals surface area contributed by atoms with Crippen LogP contribution < -0.4 is 4.72 Å². The van der Waals surface area contributed by atoms with E-state index in [-0.39, 0.29) is 11.3 Å². The van der Waals surface area contributed by atoms with Crippen molar-refractivity contribution in [1.29, 1.82) is 0 Å². The zero-order chi connectivity index (χ0) is 13.8. The maximum Gasteiger partial charge on any atom is 0.322 e. The number of hydrogen-bond acceptors (Lipinski definition) is 3. The van der Waals surface area contributed by atoms with Crippen molar-refractivity contribution in [3.8, 4) is 0 Å². The Morgan fingerprint density at radius 1 is 1.50 bits per heavy atom. The van der Waals surface area contributed by atoms with Crippen molar-refractivity contribution < 1.29 is 18.3 Å². The molecule has 0 aliphatic heterocycles. The molecule has 0 saturated carbocycles. The third kappa shape index (κ3) is 3.66. The Hall–Kier alpha value is -1.18. The first kappa shape index (κ1) is 14.9. The van der Waals surface area contributed by atoms with Crippen LogP contribution >= 0.6 is 15.9 Å². The van der Waals surface area contributed by atoms with Crippen LogP contribution in [0, 0.1) is 0 Å². The van der Waals surface area contributed by atoms with Crippen LogP contribution in [0.25, 0.3) is 0 Å². The number of hydrogen-bond donors (Lipinski definition) is 2. The number of benzene rings is 1. The average molecular weight is 334 g/mol. The quantitative estimate of drug-likeness (QED) is 0.777. The van der Waals surface area contributed by atoms with Crippen LogP contribution in [0.1, 0.15) is 6.42 Å². The van der Waals surface area contributed by atoms with Crippen molar-refractivity contribution in [2.45, 2.75) is 17.4 Å². The number of nitrogens with one attached hydrogen (secondary N) is 1. The second-order valence-corrected chi connectivity index (χ2v) is 6.00. The van der Waals surface area contributed by atoms with E-state index < -0.39 is 22.0 Å². The third-order valence-corrected chi connectivity index (χ3v) is 4.61. The molecule has 0 heterocycles. The van der Waals surface area contributed by atoms with Gasteiger partial charge < -0.3 is 5.11 Å². The molecule has 0 amide bonds. The van der Waals surface area contributed by atoms with Crippen LogP contribution in [-0.2, 0) is 14.8 Å². The highest BCUT2D eigenvalue weighted by molar-refractivity contribution is 9.10. The predicted octanol–water partition coefficient (Wildman–Crippen LogP) is 1.76. The molecule has 0 bridgehead atoms. The lowest BCUT2D eigenvalue weighted by Gasteiger charge is -2.13. The first-order chi connectivity index (χ1) is 8.38. The molecule has 1 aromatic rings. The summed E-state index contributed by atoms with van der Waals surface area (Å²) >= 11 is 3.11. The molecule has 0 fully saturated rings. The summed E-state index contributed by atoms with van der Waals surface area (Å²) in [7, 11) is -3.88. The normalized spacial score (nSPS) is 12.9. The summed E-state index contributed by atoms with van der Waals surface area (Å²) in [5, 5.41) is 8.90. The zero-order valence-corrected chi connectivity index (χ0v) is 11.7. The van der Waals surface area contributed by atoms with Crippen molar-refractivity contribution in [3.05, 3.63) is 41.4 Å². The monoisotopic (exact) mass is 333 g/mol. The smallest absolute Gasteiger partial charge is 0.322 e. The van der Waals surface area contributed by atoms with Crippen LogP contribution in [0.4, 0.5) is 0 Å². The second kappa shape index (κ2) is 6.12. The molecule has 1 unspecified atom stereocenters. The van der Waals surface area contributed by atoms with Crippen LogP contribution in [-0.4, -0.2) is 25.5 Å². The largest absolute Gasteiger partial charge is 0.480 e. The van der Waals surface area contributed by atoms with Gasteiger partial charge in [-0.1, -0.05) is 18.2 Å². The predicted molar refractivity (Wildman–Crippen MR) is 70.7 cm³/mol. The lowest BCUT2D eigenvalue weighted by atomic mass is 10.2. The topological polar surface area (TPSA) is 83.5 Å². The molecular formula is C11H12BrNO4S. The number of halogens is 1. The third-order valence-electron chi connectivity index (χ3n) is 2.12. The fraction of sp³-hybridized carbons (Fsp3) is 0.182. The average Bonchev–Trinajstić information content (AvgIpc) is 2.28. The Morgan fingerprint density at radius 2 is 2.11 bits per heavy atom. The number of rotatable bonds is 6. The SMILES string of the molecule is C=CCC(NS(=O)(=O)c1ccccc1Br)C(=O)O. The highest BCUT2D eigenvalue weighted by Gasteiger charge is 2.25. The minimum atomic E-state index is -3.88. The van der Waals surface area contributed by atoms with Gasteiger partial charge in [-0.2, -0.15) is 4.72 Å². The van der Waals surface area contributed by atoms with E-state index in [0.717, 1.165) is 0 Å². The maximum atomic E-state index is 12.0. The van der Waals surface area contributed by atoms with Gasteiger partial charge in [0, 0.05) is 4.47 Å². The van der Waals surface area contributed by atoms with Gasteiger partial charge in [0.2, 0.25) is 10.0 Å². The van der Waals surface area contributed by atoms with Crippen molar-refractivity contribution in [2.75, 3.05) is 0 Å². The Labute approximate surface area is 114 Å². The van der Waals surface area contributed by atoms with Gasteiger partial charge in [-0.25, -0.2) is 8.42 Å². The number of carboxylic acids is 1. The maximum absolute atomic E-state index is 12.0. The van der Waals surface area contributed by atoms with E-state index in [1.165, 1.54) is 12.1 Å². The number of aliphatic carboxylic acids is 1. The lowest BCUT2D eigenvalue weighted by molar-refractivity contribution is -0.138. The van der Waals surface area contributed by atoms with Gasteiger partial charge in [-0.15, -0.1) is 6.58 Å². The summed E-state index contributed by atoms with van der Waals surface area (Å²) in [4.78, 5) is 10.9. The van der Waals surface area contributed by atoms with Gasteiger partial charge in [0.15, 0.2) is 0 Å². The summed E-state index contributed by atoms with van der Waals surface area (Å²) in [5.41, 5.74) is 0. The van der Waals surface area contributed by atoms with Gasteiger partial charge >= 0.3 is 5.97 Å². The molecule has 0 spiro atoms. The molecule has 5 nitrogen and oxygen atoms in total. The van der Waals surface area contributed by atoms with E-state index in [1.54, 1.807) is 18.2 Å². The fourth-order valence-electron chi connectivity index (χ4n) is 1.28. The molecule has 1 rings (SSSR count).